The Morgan fingerprint density at radius 3 is 2.68 bits per heavy atom. The molecule has 3 nitrogen and oxygen atoms in total. The van der Waals surface area contributed by atoms with Crippen LogP contribution >= 0.6 is 0 Å². The van der Waals surface area contributed by atoms with Crippen LogP contribution < -0.4 is 9.47 Å². The largest absolute Gasteiger partial charge is 0.493 e. The van der Waals surface area contributed by atoms with Crippen LogP contribution in [0.4, 0.5) is 0 Å². The van der Waals surface area contributed by atoms with Crippen molar-refractivity contribution in [2.75, 3.05) is 33.9 Å². The van der Waals surface area contributed by atoms with E-state index in [1.54, 1.807) is 14.2 Å². The Balaban J connectivity index is 2.12. The van der Waals surface area contributed by atoms with E-state index in [2.05, 4.69) is 24.0 Å². The van der Waals surface area contributed by atoms with Crippen LogP contribution in [0.1, 0.15) is 37.7 Å². The van der Waals surface area contributed by atoms with Crippen LogP contribution in [0.5, 0.6) is 11.5 Å². The molecule has 106 valence electrons. The molecular weight excluding hydrogens is 238 g/mol. The maximum absolute atomic E-state index is 5.40. The van der Waals surface area contributed by atoms with E-state index in [9.17, 15) is 0 Å². The molecule has 0 aromatic heterocycles. The van der Waals surface area contributed by atoms with Crippen molar-refractivity contribution in [3.8, 4) is 11.5 Å². The topological polar surface area (TPSA) is 21.7 Å². The normalized spacial score (nSPS) is 20.3. The smallest absolute Gasteiger partial charge is 0.160 e. The van der Waals surface area contributed by atoms with Crippen molar-refractivity contribution in [1.29, 1.82) is 0 Å². The Bertz CT molecular complexity index is 404. The highest BCUT2D eigenvalue weighted by atomic mass is 16.5. The summed E-state index contributed by atoms with van der Waals surface area (Å²) in [6.07, 6.45) is 3.80. The summed E-state index contributed by atoms with van der Waals surface area (Å²) >= 11 is 0. The van der Waals surface area contributed by atoms with Crippen LogP contribution in [0.3, 0.4) is 0 Å². The van der Waals surface area contributed by atoms with Crippen LogP contribution in [-0.4, -0.2) is 38.8 Å². The number of piperidine rings is 1. The molecule has 0 radical (unpaired) electrons. The van der Waals surface area contributed by atoms with Crippen LogP contribution in [0, 0.1) is 0 Å². The molecule has 1 fully saturated rings. The molecule has 1 aliphatic rings. The van der Waals surface area contributed by atoms with E-state index in [-0.39, 0.29) is 0 Å². The van der Waals surface area contributed by atoms with E-state index in [1.165, 1.54) is 44.5 Å². The minimum atomic E-state index is 0.625. The van der Waals surface area contributed by atoms with Gasteiger partial charge in [-0.15, -0.1) is 0 Å². The molecule has 0 aliphatic carbocycles. The van der Waals surface area contributed by atoms with Gasteiger partial charge in [0, 0.05) is 6.54 Å². The van der Waals surface area contributed by atoms with Crippen molar-refractivity contribution < 1.29 is 9.47 Å². The van der Waals surface area contributed by atoms with Gasteiger partial charge in [0.15, 0.2) is 11.5 Å². The van der Waals surface area contributed by atoms with Gasteiger partial charge in [-0.1, -0.05) is 13.0 Å². The second kappa shape index (κ2) is 6.80. The maximum atomic E-state index is 5.40. The monoisotopic (exact) mass is 263 g/mol. The molecule has 0 spiro atoms. The van der Waals surface area contributed by atoms with Crippen molar-refractivity contribution in [1.82, 2.24) is 4.90 Å². The first kappa shape index (κ1) is 14.2. The lowest BCUT2D eigenvalue weighted by molar-refractivity contribution is 0.208. The number of benzene rings is 1. The highest BCUT2D eigenvalue weighted by Crippen LogP contribution is 2.34. The molecule has 0 amide bonds. The third kappa shape index (κ3) is 3.41. The average Bonchev–Trinajstić information content (AvgIpc) is 2.47. The van der Waals surface area contributed by atoms with Gasteiger partial charge < -0.3 is 14.4 Å². The van der Waals surface area contributed by atoms with Gasteiger partial charge >= 0.3 is 0 Å². The molecule has 1 aliphatic heterocycles. The second-order valence-electron chi connectivity index (χ2n) is 5.25. The highest BCUT2D eigenvalue weighted by Gasteiger charge is 2.21. The summed E-state index contributed by atoms with van der Waals surface area (Å²) in [6.45, 7) is 5.88. The molecule has 1 aromatic rings. The molecule has 0 bridgehead atoms. The summed E-state index contributed by atoms with van der Waals surface area (Å²) < 4.78 is 10.7. The zero-order chi connectivity index (χ0) is 13.7. The van der Waals surface area contributed by atoms with Crippen LogP contribution in [0.15, 0.2) is 18.2 Å². The van der Waals surface area contributed by atoms with Crippen molar-refractivity contribution >= 4 is 0 Å². The minimum Gasteiger partial charge on any atom is -0.493 e. The Morgan fingerprint density at radius 2 is 2.00 bits per heavy atom. The zero-order valence-corrected chi connectivity index (χ0v) is 12.3. The molecule has 1 heterocycles. The quantitative estimate of drug-likeness (QED) is 0.813. The number of hydrogen-bond acceptors (Lipinski definition) is 3. The van der Waals surface area contributed by atoms with Gasteiger partial charge in [0.25, 0.3) is 0 Å². The fourth-order valence-corrected chi connectivity index (χ4v) is 2.95. The lowest BCUT2D eigenvalue weighted by Gasteiger charge is -2.33. The highest BCUT2D eigenvalue weighted by molar-refractivity contribution is 5.44. The Labute approximate surface area is 116 Å². The van der Waals surface area contributed by atoms with Gasteiger partial charge in [-0.3, -0.25) is 0 Å². The average molecular weight is 263 g/mol. The summed E-state index contributed by atoms with van der Waals surface area (Å²) in [7, 11) is 3.38. The lowest BCUT2D eigenvalue weighted by Crippen LogP contribution is -2.34. The first-order chi connectivity index (χ1) is 9.28. The van der Waals surface area contributed by atoms with Gasteiger partial charge in [-0.25, -0.2) is 0 Å². The van der Waals surface area contributed by atoms with Gasteiger partial charge in [0.1, 0.15) is 0 Å². The summed E-state index contributed by atoms with van der Waals surface area (Å²) in [5.74, 6) is 2.28. The third-order valence-electron chi connectivity index (χ3n) is 3.92. The van der Waals surface area contributed by atoms with Crippen LogP contribution in [0.25, 0.3) is 0 Å². The van der Waals surface area contributed by atoms with E-state index in [0.29, 0.717) is 5.92 Å². The Hall–Kier alpha value is -1.22. The molecule has 0 unspecified atom stereocenters. The summed E-state index contributed by atoms with van der Waals surface area (Å²) in [4.78, 5) is 2.57. The number of likely N-dealkylation sites (tertiary alicyclic amines) is 1. The van der Waals surface area contributed by atoms with E-state index < -0.39 is 0 Å². The van der Waals surface area contributed by atoms with Gasteiger partial charge in [-0.05, 0) is 56.0 Å². The number of nitrogens with zero attached hydrogens (tertiary/aromatic N) is 1. The lowest BCUT2D eigenvalue weighted by atomic mass is 9.90. The van der Waals surface area contributed by atoms with Crippen LogP contribution in [0.2, 0.25) is 0 Å². The third-order valence-corrected chi connectivity index (χ3v) is 3.92. The standard InChI is InChI=1S/C16H25NO2/c1-4-9-17-10-5-6-14(12-17)13-7-8-15(18-2)16(11-13)19-3/h7-8,11,14H,4-6,9-10,12H2,1-3H3/t14-/m1/s1. The molecule has 1 saturated heterocycles. The van der Waals surface area contributed by atoms with Crippen molar-refractivity contribution in [3.63, 3.8) is 0 Å². The van der Waals surface area contributed by atoms with Crippen molar-refractivity contribution in [3.05, 3.63) is 23.8 Å². The molecule has 0 N–H and O–H groups in total. The van der Waals surface area contributed by atoms with Gasteiger partial charge in [0.2, 0.25) is 0 Å². The van der Waals surface area contributed by atoms with Crippen LogP contribution in [-0.2, 0) is 0 Å². The number of methoxy groups -OCH3 is 2. The number of hydrogen-bond donors (Lipinski definition) is 0. The first-order valence-electron chi connectivity index (χ1n) is 7.22. The van der Waals surface area contributed by atoms with Crippen molar-refractivity contribution in [2.45, 2.75) is 32.1 Å². The Kier molecular flexibility index (Phi) is 5.08. The molecule has 1 aromatic carbocycles. The Morgan fingerprint density at radius 1 is 1.21 bits per heavy atom. The fourth-order valence-electron chi connectivity index (χ4n) is 2.95. The van der Waals surface area contributed by atoms with Gasteiger partial charge in [0.05, 0.1) is 14.2 Å². The van der Waals surface area contributed by atoms with E-state index in [0.717, 1.165) is 11.5 Å². The predicted molar refractivity (Wildman–Crippen MR) is 78.3 cm³/mol. The zero-order valence-electron chi connectivity index (χ0n) is 12.3. The van der Waals surface area contributed by atoms with E-state index in [4.69, 9.17) is 9.47 Å². The maximum Gasteiger partial charge on any atom is 0.160 e. The molecule has 19 heavy (non-hydrogen) atoms. The second-order valence-corrected chi connectivity index (χ2v) is 5.25. The molecule has 0 saturated carbocycles. The van der Waals surface area contributed by atoms with Crippen molar-refractivity contribution in [2.24, 2.45) is 0 Å². The van der Waals surface area contributed by atoms with E-state index >= 15 is 0 Å². The fraction of sp³-hybridized carbons (Fsp3) is 0.625. The molecule has 2 rings (SSSR count). The van der Waals surface area contributed by atoms with Gasteiger partial charge in [-0.2, -0.15) is 0 Å². The predicted octanol–water partition coefficient (Wildman–Crippen LogP) is 3.29. The molecule has 1 atom stereocenters. The molecular formula is C16H25NO2. The van der Waals surface area contributed by atoms with E-state index in [1.807, 2.05) is 6.07 Å². The number of rotatable bonds is 5. The summed E-state index contributed by atoms with van der Waals surface area (Å²) in [6, 6.07) is 6.34. The summed E-state index contributed by atoms with van der Waals surface area (Å²) in [5.41, 5.74) is 1.37. The number of ether oxygens (including phenoxy) is 2. The SMILES string of the molecule is CCCN1CCC[C@@H](c2ccc(OC)c(OC)c2)C1. The summed E-state index contributed by atoms with van der Waals surface area (Å²) in [5, 5.41) is 0. The first-order valence-corrected chi connectivity index (χ1v) is 7.22. The minimum absolute atomic E-state index is 0.625. The molecule has 3 heteroatoms.